The lowest BCUT2D eigenvalue weighted by Crippen LogP contribution is -2.34. The van der Waals surface area contributed by atoms with Gasteiger partial charge in [-0.05, 0) is 29.7 Å². The lowest BCUT2D eigenvalue weighted by atomic mass is 9.99. The van der Waals surface area contributed by atoms with Crippen LogP contribution in [0.1, 0.15) is 11.1 Å². The van der Waals surface area contributed by atoms with Crippen LogP contribution < -0.4 is 5.32 Å². The van der Waals surface area contributed by atoms with Crippen molar-refractivity contribution in [1.29, 1.82) is 0 Å². The number of aromatic hydroxyl groups is 1. The molecule has 0 aliphatic rings. The number of amides is 1. The van der Waals surface area contributed by atoms with Crippen LogP contribution in [-0.4, -0.2) is 28.8 Å². The van der Waals surface area contributed by atoms with Crippen molar-refractivity contribution in [3.8, 4) is 5.75 Å². The molecule has 0 spiro atoms. The molecule has 6 heteroatoms. The average molecular weight is 329 g/mol. The fraction of sp³-hybridized carbons (Fsp3) is 0.222. The molecule has 0 heterocycles. The maximum atomic E-state index is 11.7. The Kier molecular flexibility index (Phi) is 6.19. The van der Waals surface area contributed by atoms with Crippen LogP contribution in [0.15, 0.2) is 54.6 Å². The quantitative estimate of drug-likeness (QED) is 0.725. The lowest BCUT2D eigenvalue weighted by molar-refractivity contribution is -0.141. The molecule has 0 aromatic heterocycles. The molecule has 0 aliphatic heterocycles. The first kappa shape index (κ1) is 17.3. The number of carbonyl (C=O) groups excluding carboxylic acids is 1. The molecule has 24 heavy (non-hydrogen) atoms. The van der Waals surface area contributed by atoms with Gasteiger partial charge < -0.3 is 20.3 Å². The normalized spacial score (nSPS) is 11.5. The van der Waals surface area contributed by atoms with E-state index in [2.05, 4.69) is 5.32 Å². The van der Waals surface area contributed by atoms with E-state index in [4.69, 9.17) is 4.74 Å². The first-order chi connectivity index (χ1) is 11.5. The number of aliphatic carboxylic acids is 1. The van der Waals surface area contributed by atoms with Crippen molar-refractivity contribution in [3.63, 3.8) is 0 Å². The van der Waals surface area contributed by atoms with E-state index in [9.17, 15) is 19.8 Å². The number of nitrogens with one attached hydrogen (secondary N) is 1. The fourth-order valence-electron chi connectivity index (χ4n) is 2.14. The monoisotopic (exact) mass is 329 g/mol. The SMILES string of the molecule is O=C(NCC(Cc1ccc(O)cc1)C(=O)O)OCc1ccccc1. The van der Waals surface area contributed by atoms with E-state index in [0.29, 0.717) is 0 Å². The van der Waals surface area contributed by atoms with Crippen LogP contribution >= 0.6 is 0 Å². The van der Waals surface area contributed by atoms with Crippen molar-refractivity contribution in [1.82, 2.24) is 5.32 Å². The van der Waals surface area contributed by atoms with Crippen molar-refractivity contribution in [2.75, 3.05) is 6.54 Å². The third kappa shape index (κ3) is 5.64. The van der Waals surface area contributed by atoms with Gasteiger partial charge >= 0.3 is 12.1 Å². The van der Waals surface area contributed by atoms with Gasteiger partial charge in [-0.2, -0.15) is 0 Å². The minimum absolute atomic E-state index is 0.0379. The average Bonchev–Trinajstić information content (AvgIpc) is 2.59. The van der Waals surface area contributed by atoms with Crippen LogP contribution in [0.2, 0.25) is 0 Å². The predicted octanol–water partition coefficient (Wildman–Crippen LogP) is 2.56. The number of alkyl carbamates (subject to hydrolysis) is 1. The summed E-state index contributed by atoms with van der Waals surface area (Å²) in [7, 11) is 0. The molecule has 0 fully saturated rings. The maximum absolute atomic E-state index is 11.7. The summed E-state index contributed by atoms with van der Waals surface area (Å²) in [5, 5.41) is 21.0. The van der Waals surface area contributed by atoms with Crippen molar-refractivity contribution < 1.29 is 24.5 Å². The Bertz CT molecular complexity index is 670. The number of phenols is 1. The summed E-state index contributed by atoms with van der Waals surface area (Å²) in [6.07, 6.45) is -0.412. The molecule has 3 N–H and O–H groups in total. The van der Waals surface area contributed by atoms with E-state index >= 15 is 0 Å². The van der Waals surface area contributed by atoms with Gasteiger partial charge in [-0.3, -0.25) is 4.79 Å². The van der Waals surface area contributed by atoms with E-state index in [1.165, 1.54) is 12.1 Å². The zero-order valence-corrected chi connectivity index (χ0v) is 13.0. The standard InChI is InChI=1S/C18H19NO5/c20-16-8-6-13(7-9-16)10-15(17(21)22)11-19-18(23)24-12-14-4-2-1-3-5-14/h1-9,15,20H,10-12H2,(H,19,23)(H,21,22). The molecule has 0 aliphatic carbocycles. The highest BCUT2D eigenvalue weighted by Gasteiger charge is 2.19. The Labute approximate surface area is 139 Å². The molecular weight excluding hydrogens is 310 g/mol. The number of hydrogen-bond donors (Lipinski definition) is 3. The van der Waals surface area contributed by atoms with Crippen LogP contribution in [0, 0.1) is 5.92 Å². The highest BCUT2D eigenvalue weighted by Crippen LogP contribution is 2.14. The lowest BCUT2D eigenvalue weighted by Gasteiger charge is -2.14. The molecule has 2 rings (SSSR count). The molecule has 0 radical (unpaired) electrons. The summed E-state index contributed by atoms with van der Waals surface area (Å²) in [5.74, 6) is -1.67. The van der Waals surface area contributed by atoms with E-state index in [1.54, 1.807) is 12.1 Å². The summed E-state index contributed by atoms with van der Waals surface area (Å²) in [5.41, 5.74) is 1.62. The summed E-state index contributed by atoms with van der Waals surface area (Å²) in [6.45, 7) is 0.0895. The summed E-state index contributed by atoms with van der Waals surface area (Å²) in [4.78, 5) is 23.0. The number of benzene rings is 2. The molecule has 1 unspecified atom stereocenters. The maximum Gasteiger partial charge on any atom is 0.407 e. The largest absolute Gasteiger partial charge is 0.508 e. The first-order valence-corrected chi connectivity index (χ1v) is 7.50. The van der Waals surface area contributed by atoms with Gasteiger partial charge in [0, 0.05) is 6.54 Å². The van der Waals surface area contributed by atoms with Crippen molar-refractivity contribution in [2.45, 2.75) is 13.0 Å². The van der Waals surface area contributed by atoms with Gasteiger partial charge in [-0.25, -0.2) is 4.79 Å². The second-order valence-electron chi connectivity index (χ2n) is 5.35. The van der Waals surface area contributed by atoms with E-state index in [0.717, 1.165) is 11.1 Å². The Morgan fingerprint density at radius 2 is 1.67 bits per heavy atom. The van der Waals surface area contributed by atoms with E-state index in [1.807, 2.05) is 30.3 Å². The number of hydrogen-bond acceptors (Lipinski definition) is 4. The molecule has 0 bridgehead atoms. The first-order valence-electron chi connectivity index (χ1n) is 7.50. The molecule has 2 aromatic carbocycles. The van der Waals surface area contributed by atoms with Crippen LogP contribution in [-0.2, 0) is 22.6 Å². The summed E-state index contributed by atoms with van der Waals surface area (Å²) < 4.78 is 5.05. The van der Waals surface area contributed by atoms with Crippen molar-refractivity contribution in [3.05, 3.63) is 65.7 Å². The van der Waals surface area contributed by atoms with Crippen molar-refractivity contribution >= 4 is 12.1 Å². The molecule has 0 saturated heterocycles. The van der Waals surface area contributed by atoms with Gasteiger partial charge in [0.05, 0.1) is 5.92 Å². The zero-order chi connectivity index (χ0) is 17.4. The van der Waals surface area contributed by atoms with E-state index in [-0.39, 0.29) is 25.3 Å². The van der Waals surface area contributed by atoms with Gasteiger partial charge in [0.15, 0.2) is 0 Å². The summed E-state index contributed by atoms with van der Waals surface area (Å²) >= 11 is 0. The molecule has 1 amide bonds. The topological polar surface area (TPSA) is 95.9 Å². The van der Waals surface area contributed by atoms with Gasteiger partial charge in [0.25, 0.3) is 0 Å². The summed E-state index contributed by atoms with van der Waals surface area (Å²) in [6, 6.07) is 15.5. The molecule has 126 valence electrons. The fourth-order valence-corrected chi connectivity index (χ4v) is 2.14. The van der Waals surface area contributed by atoms with Gasteiger partial charge in [0.1, 0.15) is 12.4 Å². The second-order valence-corrected chi connectivity index (χ2v) is 5.35. The Morgan fingerprint density at radius 3 is 2.29 bits per heavy atom. The molecule has 1 atom stereocenters. The minimum Gasteiger partial charge on any atom is -0.508 e. The number of carboxylic acid groups (broad SMARTS) is 1. The molecule has 6 nitrogen and oxygen atoms in total. The number of carbonyl (C=O) groups is 2. The van der Waals surface area contributed by atoms with Crippen LogP contribution in [0.3, 0.4) is 0 Å². The Morgan fingerprint density at radius 1 is 1.00 bits per heavy atom. The highest BCUT2D eigenvalue weighted by atomic mass is 16.5. The number of ether oxygens (including phenoxy) is 1. The Hall–Kier alpha value is -3.02. The van der Waals surface area contributed by atoms with Crippen LogP contribution in [0.25, 0.3) is 0 Å². The van der Waals surface area contributed by atoms with Gasteiger partial charge in [-0.15, -0.1) is 0 Å². The smallest absolute Gasteiger partial charge is 0.407 e. The second kappa shape index (κ2) is 8.57. The van der Waals surface area contributed by atoms with E-state index < -0.39 is 18.0 Å². The zero-order valence-electron chi connectivity index (χ0n) is 13.0. The molecule has 0 saturated carbocycles. The highest BCUT2D eigenvalue weighted by molar-refractivity contribution is 5.73. The minimum atomic E-state index is -1.01. The molecular formula is C18H19NO5. The van der Waals surface area contributed by atoms with Gasteiger partial charge in [0.2, 0.25) is 0 Å². The predicted molar refractivity (Wildman–Crippen MR) is 87.6 cm³/mol. The van der Waals surface area contributed by atoms with Crippen molar-refractivity contribution in [2.24, 2.45) is 5.92 Å². The van der Waals surface area contributed by atoms with Crippen LogP contribution in [0.4, 0.5) is 4.79 Å². The van der Waals surface area contributed by atoms with Gasteiger partial charge in [-0.1, -0.05) is 42.5 Å². The Balaban J connectivity index is 1.81. The number of phenolic OH excluding ortho intramolecular Hbond substituents is 1. The number of rotatable bonds is 7. The molecule has 2 aromatic rings. The number of carboxylic acids is 1. The third-order valence-electron chi connectivity index (χ3n) is 3.47. The third-order valence-corrected chi connectivity index (χ3v) is 3.47. The van der Waals surface area contributed by atoms with Crippen LogP contribution in [0.5, 0.6) is 5.75 Å².